The van der Waals surface area contributed by atoms with Crippen molar-refractivity contribution in [3.63, 3.8) is 0 Å². The van der Waals surface area contributed by atoms with Gasteiger partial charge in [-0.15, -0.1) is 0 Å². The van der Waals surface area contributed by atoms with Gasteiger partial charge in [0.2, 0.25) is 0 Å². The van der Waals surface area contributed by atoms with E-state index in [1.54, 1.807) is 13.8 Å². The Morgan fingerprint density at radius 2 is 1.71 bits per heavy atom. The number of ether oxygens (including phenoxy) is 2. The molecule has 4 saturated carbocycles. The molecule has 0 unspecified atom stereocenters. The molecule has 0 bridgehead atoms. The molecule has 0 spiro atoms. The van der Waals surface area contributed by atoms with Crippen LogP contribution in [0.2, 0.25) is 0 Å². The lowest BCUT2D eigenvalue weighted by Crippen LogP contribution is -2.57. The Kier molecular flexibility index (Phi) is 7.30. The zero-order valence-corrected chi connectivity index (χ0v) is 22.0. The molecule has 4 fully saturated rings. The number of fused-ring (bicyclic) bond motifs is 5. The van der Waals surface area contributed by atoms with Gasteiger partial charge < -0.3 is 14.6 Å². The normalized spacial score (nSPS) is 44.4. The molecule has 4 rings (SSSR count). The third-order valence-electron chi connectivity index (χ3n) is 11.1. The number of carbonyl (C=O) groups excluding carboxylic acids is 1. The van der Waals surface area contributed by atoms with Gasteiger partial charge in [0.25, 0.3) is 5.92 Å². The van der Waals surface area contributed by atoms with Crippen molar-refractivity contribution >= 4 is 5.78 Å². The summed E-state index contributed by atoms with van der Waals surface area (Å²) in [6.45, 7) is 9.56. The van der Waals surface area contributed by atoms with Crippen LogP contribution in [-0.2, 0) is 14.3 Å². The van der Waals surface area contributed by atoms with Crippen molar-refractivity contribution in [3.05, 3.63) is 0 Å². The van der Waals surface area contributed by atoms with Crippen LogP contribution >= 0.6 is 0 Å². The number of hydrogen-bond acceptors (Lipinski definition) is 4. The molecule has 0 saturated heterocycles. The van der Waals surface area contributed by atoms with Crippen molar-refractivity contribution in [1.29, 1.82) is 0 Å². The number of ketones is 1. The molecular weight excluding hydrogens is 438 g/mol. The summed E-state index contributed by atoms with van der Waals surface area (Å²) in [7, 11) is 1.47. The van der Waals surface area contributed by atoms with Gasteiger partial charge in [0.05, 0.1) is 6.10 Å². The Balaban J connectivity index is 1.59. The summed E-state index contributed by atoms with van der Waals surface area (Å²) in [5.74, 6) is -2.38. The van der Waals surface area contributed by atoms with E-state index in [1.165, 1.54) is 7.11 Å². The molecule has 196 valence electrons. The van der Waals surface area contributed by atoms with Gasteiger partial charge in [-0.1, -0.05) is 34.6 Å². The summed E-state index contributed by atoms with van der Waals surface area (Å²) in [5, 5.41) is 10.2. The molecule has 4 nitrogen and oxygen atoms in total. The highest BCUT2D eigenvalue weighted by molar-refractivity contribution is 5.83. The van der Waals surface area contributed by atoms with Crippen LogP contribution in [0.4, 0.5) is 8.78 Å². The molecule has 10 atom stereocenters. The predicted molar refractivity (Wildman–Crippen MR) is 127 cm³/mol. The van der Waals surface area contributed by atoms with Gasteiger partial charge in [0.1, 0.15) is 18.7 Å². The minimum Gasteiger partial charge on any atom is -0.393 e. The van der Waals surface area contributed by atoms with Crippen LogP contribution in [0.25, 0.3) is 0 Å². The second-order valence-corrected chi connectivity index (χ2v) is 12.9. The SMILES string of the molecule is COCO[C@H]([C@@H](C)[C@H]1CC[C@H]2[C@@H]3CC(=O)[C@H]4C[C@H](O)CC[C@]4(C)[C@H]3CC[C@]12C)C(F)(F)C(C)C. The van der Waals surface area contributed by atoms with E-state index < -0.39 is 17.9 Å². The van der Waals surface area contributed by atoms with E-state index in [0.29, 0.717) is 36.4 Å². The van der Waals surface area contributed by atoms with Crippen molar-refractivity contribution in [1.82, 2.24) is 0 Å². The molecule has 4 aliphatic rings. The Hall–Kier alpha value is -0.590. The average Bonchev–Trinajstić information content (AvgIpc) is 3.12. The van der Waals surface area contributed by atoms with E-state index in [0.717, 1.165) is 38.5 Å². The van der Waals surface area contributed by atoms with Crippen LogP contribution in [0.5, 0.6) is 0 Å². The zero-order chi connectivity index (χ0) is 25.1. The van der Waals surface area contributed by atoms with Crippen molar-refractivity contribution in [3.8, 4) is 0 Å². The summed E-state index contributed by atoms with van der Waals surface area (Å²) < 4.78 is 41.4. The number of hydrogen-bond donors (Lipinski definition) is 1. The molecule has 0 aromatic carbocycles. The fourth-order valence-corrected chi connectivity index (χ4v) is 9.22. The Morgan fingerprint density at radius 1 is 1.06 bits per heavy atom. The van der Waals surface area contributed by atoms with Gasteiger partial charge in [0.15, 0.2) is 0 Å². The first kappa shape index (κ1) is 26.5. The first-order valence-corrected chi connectivity index (χ1v) is 13.6. The van der Waals surface area contributed by atoms with Gasteiger partial charge in [0, 0.05) is 25.4 Å². The lowest BCUT2D eigenvalue weighted by atomic mass is 9.44. The monoisotopic (exact) mass is 484 g/mol. The summed E-state index contributed by atoms with van der Waals surface area (Å²) in [6.07, 6.45) is 5.40. The molecule has 0 heterocycles. The summed E-state index contributed by atoms with van der Waals surface area (Å²) in [5.41, 5.74) is -0.0843. The Morgan fingerprint density at radius 3 is 2.35 bits per heavy atom. The number of aliphatic hydroxyl groups is 1. The highest BCUT2D eigenvalue weighted by atomic mass is 19.3. The molecule has 0 radical (unpaired) electrons. The molecule has 34 heavy (non-hydrogen) atoms. The van der Waals surface area contributed by atoms with Gasteiger partial charge in [-0.2, -0.15) is 0 Å². The average molecular weight is 485 g/mol. The van der Waals surface area contributed by atoms with Crippen molar-refractivity contribution in [2.24, 2.45) is 52.3 Å². The van der Waals surface area contributed by atoms with Crippen LogP contribution in [0.1, 0.15) is 86.0 Å². The lowest BCUT2D eigenvalue weighted by Gasteiger charge is -2.60. The second kappa shape index (κ2) is 9.37. The topological polar surface area (TPSA) is 55.8 Å². The Labute approximate surface area is 204 Å². The van der Waals surface area contributed by atoms with E-state index >= 15 is 8.78 Å². The van der Waals surface area contributed by atoms with Gasteiger partial charge in [-0.3, -0.25) is 4.79 Å². The van der Waals surface area contributed by atoms with E-state index in [1.807, 2.05) is 6.92 Å². The summed E-state index contributed by atoms with van der Waals surface area (Å²) in [4.78, 5) is 13.3. The van der Waals surface area contributed by atoms with E-state index in [4.69, 9.17) is 9.47 Å². The van der Waals surface area contributed by atoms with Gasteiger partial charge >= 0.3 is 0 Å². The number of halogens is 2. The van der Waals surface area contributed by atoms with E-state index in [9.17, 15) is 9.90 Å². The number of methoxy groups -OCH3 is 1. The maximum atomic E-state index is 15.3. The minimum atomic E-state index is -2.94. The third kappa shape index (κ3) is 4.08. The first-order valence-electron chi connectivity index (χ1n) is 13.6. The minimum absolute atomic E-state index is 0.0189. The zero-order valence-electron chi connectivity index (χ0n) is 22.0. The van der Waals surface area contributed by atoms with Crippen molar-refractivity contribution < 1.29 is 28.2 Å². The number of Topliss-reactive ketones (excluding diaryl/α,β-unsaturated/α-hetero) is 1. The standard InChI is InChI=1S/C28H46F2O4/c1-16(2)28(29,30)25(34-15-33-6)17(3)20-7-8-21-19-14-24(32)23-13-18(31)9-11-27(23,5)22(19)10-12-26(20,21)4/h16-23,25,31H,7-15H2,1-6H3/t17-,18+,19-,20+,21-,22-,23+,25+,26+,27+/m0/s1. The summed E-state index contributed by atoms with van der Waals surface area (Å²) >= 11 is 0. The fourth-order valence-electron chi connectivity index (χ4n) is 9.22. The van der Waals surface area contributed by atoms with Crippen LogP contribution < -0.4 is 0 Å². The fraction of sp³-hybridized carbons (Fsp3) is 0.964. The smallest absolute Gasteiger partial charge is 0.276 e. The lowest BCUT2D eigenvalue weighted by molar-refractivity contribution is -0.222. The van der Waals surface area contributed by atoms with Crippen LogP contribution in [-0.4, -0.2) is 42.9 Å². The van der Waals surface area contributed by atoms with Crippen molar-refractivity contribution in [2.45, 2.75) is 104 Å². The molecular formula is C28H46F2O4. The number of carbonyl (C=O) groups is 1. The highest BCUT2D eigenvalue weighted by Gasteiger charge is 2.63. The molecule has 0 aromatic rings. The van der Waals surface area contributed by atoms with Gasteiger partial charge in [-0.05, 0) is 85.4 Å². The molecule has 6 heteroatoms. The first-order chi connectivity index (χ1) is 15.9. The van der Waals surface area contributed by atoms with E-state index in [2.05, 4.69) is 13.8 Å². The molecule has 1 N–H and O–H groups in total. The molecule has 4 aliphatic carbocycles. The Bertz CT molecular complexity index is 757. The van der Waals surface area contributed by atoms with Crippen molar-refractivity contribution in [2.75, 3.05) is 13.9 Å². The molecule has 0 aliphatic heterocycles. The quantitative estimate of drug-likeness (QED) is 0.444. The third-order valence-corrected chi connectivity index (χ3v) is 11.1. The highest BCUT2D eigenvalue weighted by Crippen LogP contribution is 2.68. The molecule has 0 amide bonds. The largest absolute Gasteiger partial charge is 0.393 e. The number of rotatable bonds is 7. The van der Waals surface area contributed by atoms with Gasteiger partial charge in [-0.25, -0.2) is 8.78 Å². The van der Waals surface area contributed by atoms with Crippen LogP contribution in [0, 0.1) is 52.3 Å². The summed E-state index contributed by atoms with van der Waals surface area (Å²) in [6, 6.07) is 0. The van der Waals surface area contributed by atoms with E-state index in [-0.39, 0.29) is 41.5 Å². The molecule has 0 aromatic heterocycles. The van der Waals surface area contributed by atoms with Crippen LogP contribution in [0.15, 0.2) is 0 Å². The number of alkyl halides is 2. The maximum absolute atomic E-state index is 15.3. The van der Waals surface area contributed by atoms with Crippen LogP contribution in [0.3, 0.4) is 0 Å². The number of aliphatic hydroxyl groups excluding tert-OH is 1. The maximum Gasteiger partial charge on any atom is 0.276 e. The predicted octanol–water partition coefficient (Wildman–Crippen LogP) is 6.10. The second-order valence-electron chi connectivity index (χ2n) is 12.9.